The largest absolute Gasteiger partial charge is 0.507 e. The highest BCUT2D eigenvalue weighted by Crippen LogP contribution is 2.44. The smallest absolute Gasteiger partial charge is 0.336 e. The van der Waals surface area contributed by atoms with Crippen LogP contribution >= 0.6 is 24.2 Å². The Balaban J connectivity index is 1.78. The molecule has 1 aromatic heterocycles. The van der Waals surface area contributed by atoms with Crippen LogP contribution in [0.5, 0.6) is 5.75 Å². The van der Waals surface area contributed by atoms with Crippen LogP contribution in [0.3, 0.4) is 0 Å². The topological polar surface area (TPSA) is 104 Å². The van der Waals surface area contributed by atoms with Crippen molar-refractivity contribution in [2.45, 2.75) is 13.1 Å². The van der Waals surface area contributed by atoms with Crippen molar-refractivity contribution in [3.8, 4) is 28.2 Å². The maximum atomic E-state index is 12.5. The quantitative estimate of drug-likeness (QED) is 0.163. The van der Waals surface area contributed by atoms with Gasteiger partial charge in [0.2, 0.25) is 5.43 Å². The summed E-state index contributed by atoms with van der Waals surface area (Å²) in [7, 11) is 0. The average Bonchev–Trinajstić information content (AvgIpc) is 2.91. The minimum atomic E-state index is -1.09. The first-order valence-electron chi connectivity index (χ1n) is 11.8. The van der Waals surface area contributed by atoms with Gasteiger partial charge in [0, 0.05) is 54.2 Å². The molecule has 7 nitrogen and oxygen atoms in total. The van der Waals surface area contributed by atoms with Crippen LogP contribution in [0.25, 0.3) is 33.4 Å². The van der Waals surface area contributed by atoms with E-state index in [9.17, 15) is 19.8 Å². The highest BCUT2D eigenvalue weighted by molar-refractivity contribution is 7.80. The van der Waals surface area contributed by atoms with Gasteiger partial charge < -0.3 is 14.6 Å². The third-order valence-electron chi connectivity index (χ3n) is 6.36. The molecule has 2 heterocycles. The van der Waals surface area contributed by atoms with Crippen LogP contribution in [0.2, 0.25) is 5.02 Å². The van der Waals surface area contributed by atoms with Crippen LogP contribution in [0.15, 0.2) is 82.1 Å². The van der Waals surface area contributed by atoms with Gasteiger partial charge in [-0.15, -0.1) is 0 Å². The number of benzene rings is 3. The summed E-state index contributed by atoms with van der Waals surface area (Å²) in [6.07, 6.45) is 1.73. The van der Waals surface area contributed by atoms with Crippen LogP contribution in [0, 0.1) is 0 Å². The Hall–Kier alpha value is -3.85. The molecule has 0 bridgehead atoms. The Morgan fingerprint density at radius 3 is 2.55 bits per heavy atom. The molecule has 1 aliphatic heterocycles. The van der Waals surface area contributed by atoms with Crippen molar-refractivity contribution in [3.63, 3.8) is 0 Å². The number of rotatable bonds is 8. The highest BCUT2D eigenvalue weighted by atomic mass is 35.5. The lowest BCUT2D eigenvalue weighted by molar-refractivity contribution is 0.0697. The van der Waals surface area contributed by atoms with E-state index in [0.29, 0.717) is 58.6 Å². The van der Waals surface area contributed by atoms with Crippen molar-refractivity contribution in [2.75, 3.05) is 12.3 Å². The Morgan fingerprint density at radius 2 is 1.82 bits per heavy atom. The minimum absolute atomic E-state index is 0.00424. The minimum Gasteiger partial charge on any atom is -0.507 e. The summed E-state index contributed by atoms with van der Waals surface area (Å²) in [5.41, 5.74) is 2.86. The molecule has 0 spiro atoms. The maximum absolute atomic E-state index is 12.5. The lowest BCUT2D eigenvalue weighted by Crippen LogP contribution is -2.25. The van der Waals surface area contributed by atoms with Gasteiger partial charge in [0.05, 0.1) is 21.8 Å². The van der Waals surface area contributed by atoms with Gasteiger partial charge in [0.15, 0.2) is 0 Å². The first-order chi connectivity index (χ1) is 18.4. The third kappa shape index (κ3) is 4.98. The monoisotopic (exact) mass is 546 g/mol. The second-order valence-corrected chi connectivity index (χ2v) is 9.66. The van der Waals surface area contributed by atoms with Crippen LogP contribution in [0.4, 0.5) is 0 Å². The van der Waals surface area contributed by atoms with Crippen LogP contribution in [-0.4, -0.2) is 38.4 Å². The predicted octanol–water partition coefficient (Wildman–Crippen LogP) is 5.95. The van der Waals surface area contributed by atoms with Gasteiger partial charge >= 0.3 is 5.97 Å². The van der Waals surface area contributed by atoms with Crippen molar-refractivity contribution >= 4 is 41.2 Å². The van der Waals surface area contributed by atoms with E-state index in [1.54, 1.807) is 36.5 Å². The van der Waals surface area contributed by atoms with Crippen molar-refractivity contribution in [3.05, 3.63) is 105 Å². The first kappa shape index (κ1) is 25.8. The van der Waals surface area contributed by atoms with E-state index in [1.165, 1.54) is 18.2 Å². The Morgan fingerprint density at radius 1 is 1.03 bits per heavy atom. The molecule has 2 N–H and O–H groups in total. The zero-order valence-corrected chi connectivity index (χ0v) is 21.7. The SMILES string of the molecule is O=C(O)c1ccccc1-c1c2cc(Cl)c(=O)cc-2oc2c(CN(CCS)Cc3ccccn3)c(O)ccc12. The maximum Gasteiger partial charge on any atom is 0.336 e. The van der Waals surface area contributed by atoms with E-state index in [0.717, 1.165) is 5.69 Å². The van der Waals surface area contributed by atoms with Gasteiger partial charge in [0.1, 0.15) is 17.1 Å². The van der Waals surface area contributed by atoms with Crippen LogP contribution in [0.1, 0.15) is 21.6 Å². The fourth-order valence-electron chi connectivity index (χ4n) is 4.63. The molecule has 2 aliphatic rings. The standard InChI is InChI=1S/C29H23ClN2O5S/c30-23-13-21-26(14-25(23)34)37-28-20(27(21)18-6-1-2-7-19(18)29(35)36)8-9-24(33)22(28)16-32(11-12-38)15-17-5-3-4-10-31-17/h1-10,13-14,33,38H,11-12,15-16H2,(H,35,36). The predicted molar refractivity (Wildman–Crippen MR) is 150 cm³/mol. The number of carbonyl (C=O) groups is 1. The number of aromatic hydroxyl groups is 1. The summed E-state index contributed by atoms with van der Waals surface area (Å²) < 4.78 is 6.26. The van der Waals surface area contributed by atoms with Gasteiger partial charge in [-0.1, -0.05) is 35.9 Å². The van der Waals surface area contributed by atoms with Crippen LogP contribution in [-0.2, 0) is 13.1 Å². The normalized spacial score (nSPS) is 11.4. The lowest BCUT2D eigenvalue weighted by Gasteiger charge is -2.24. The molecule has 0 fully saturated rings. The molecule has 38 heavy (non-hydrogen) atoms. The molecule has 9 heteroatoms. The van der Waals surface area contributed by atoms with E-state index in [2.05, 4.69) is 22.5 Å². The molecular weight excluding hydrogens is 524 g/mol. The number of phenolic OH excluding ortho intramolecular Hbond substituents is 1. The highest BCUT2D eigenvalue weighted by Gasteiger charge is 2.25. The fraction of sp³-hybridized carbons (Fsp3) is 0.138. The summed E-state index contributed by atoms with van der Waals surface area (Å²) in [4.78, 5) is 31.1. The second-order valence-electron chi connectivity index (χ2n) is 8.80. The van der Waals surface area contributed by atoms with Crippen molar-refractivity contribution < 1.29 is 19.4 Å². The molecule has 192 valence electrons. The molecule has 3 aromatic rings. The van der Waals surface area contributed by atoms with Gasteiger partial charge in [-0.25, -0.2) is 4.79 Å². The number of phenols is 1. The van der Waals surface area contributed by atoms with Crippen LogP contribution < -0.4 is 5.43 Å². The number of carboxylic acids is 1. The number of hydrogen-bond donors (Lipinski definition) is 3. The van der Waals surface area contributed by atoms with Gasteiger partial charge in [-0.3, -0.25) is 14.7 Å². The number of pyridine rings is 1. The lowest BCUT2D eigenvalue weighted by atomic mass is 9.90. The summed E-state index contributed by atoms with van der Waals surface area (Å²) in [5.74, 6) is -0.268. The number of halogens is 1. The number of carboxylic acid groups (broad SMARTS) is 1. The van der Waals surface area contributed by atoms with Gasteiger partial charge in [-0.05, 0) is 42.0 Å². The molecule has 0 atom stereocenters. The van der Waals surface area contributed by atoms with Gasteiger partial charge in [0.25, 0.3) is 0 Å². The number of fused-ring (bicyclic) bond motifs is 2. The van der Waals surface area contributed by atoms with E-state index < -0.39 is 11.4 Å². The zero-order chi connectivity index (χ0) is 26.8. The van der Waals surface area contributed by atoms with Crippen molar-refractivity contribution in [1.82, 2.24) is 9.88 Å². The summed E-state index contributed by atoms with van der Waals surface area (Å²) >= 11 is 10.6. The average molecular weight is 547 g/mol. The van der Waals surface area contributed by atoms with Gasteiger partial charge in [-0.2, -0.15) is 12.6 Å². The Kier molecular flexibility index (Phi) is 7.37. The molecule has 0 radical (unpaired) electrons. The van der Waals surface area contributed by atoms with Crippen molar-refractivity contribution in [2.24, 2.45) is 0 Å². The third-order valence-corrected chi connectivity index (χ3v) is 6.85. The first-order valence-corrected chi connectivity index (χ1v) is 12.8. The van der Waals surface area contributed by atoms with E-state index in [4.69, 9.17) is 16.0 Å². The molecule has 1 aliphatic carbocycles. The Bertz CT molecular complexity index is 1670. The van der Waals surface area contributed by atoms with E-state index in [1.807, 2.05) is 18.2 Å². The summed E-state index contributed by atoms with van der Waals surface area (Å²) in [6.45, 7) is 1.42. The van der Waals surface area contributed by atoms with E-state index in [-0.39, 0.29) is 22.1 Å². The van der Waals surface area contributed by atoms with Crippen molar-refractivity contribution in [1.29, 1.82) is 0 Å². The molecule has 0 saturated heterocycles. The summed E-state index contributed by atoms with van der Waals surface area (Å²) in [6, 6.07) is 18.3. The Labute approximate surface area is 228 Å². The molecule has 2 aromatic carbocycles. The molecule has 0 amide bonds. The molecular formula is C29H23ClN2O5S. The second kappa shape index (κ2) is 10.9. The number of aromatic nitrogens is 1. The fourth-order valence-corrected chi connectivity index (χ4v) is 5.08. The number of thiol groups is 1. The summed E-state index contributed by atoms with van der Waals surface area (Å²) in [5, 5.41) is 21.5. The van der Waals surface area contributed by atoms with E-state index >= 15 is 0 Å². The zero-order valence-electron chi connectivity index (χ0n) is 20.1. The molecule has 5 rings (SSSR count). The molecule has 0 unspecified atom stereocenters. The number of nitrogens with zero attached hydrogens (tertiary/aromatic N) is 2. The number of hydrogen-bond acceptors (Lipinski definition) is 7. The number of aromatic carboxylic acids is 1. The molecule has 0 saturated carbocycles.